The van der Waals surface area contributed by atoms with Crippen LogP contribution in [0.25, 0.3) is 0 Å². The Labute approximate surface area is 195 Å². The lowest BCUT2D eigenvalue weighted by Crippen LogP contribution is -2.28. The molecule has 2 amide bonds. The van der Waals surface area contributed by atoms with Crippen molar-refractivity contribution in [2.75, 3.05) is 18.2 Å². The Kier molecular flexibility index (Phi) is 8.05. The standard InChI is InChI=1S/C23H26FN5O3S/c1-5-29-21(15(3)25-22(31)16-7-10-18(32-4)11-8-16)27-28-23(29)33-13-20(30)26-19-12-17(24)9-6-14(19)2/h6-12,15H,5,13H2,1-4H3,(H,25,31)(H,26,30)/t15-/m0/s1. The van der Waals surface area contributed by atoms with Crippen LogP contribution in [0.15, 0.2) is 47.6 Å². The third-order valence-electron chi connectivity index (χ3n) is 4.95. The summed E-state index contributed by atoms with van der Waals surface area (Å²) in [6, 6.07) is 10.7. The number of benzene rings is 2. The molecule has 3 aromatic rings. The van der Waals surface area contributed by atoms with Crippen molar-refractivity contribution in [3.05, 3.63) is 65.2 Å². The van der Waals surface area contributed by atoms with E-state index in [1.54, 1.807) is 44.4 Å². The van der Waals surface area contributed by atoms with E-state index >= 15 is 0 Å². The maximum Gasteiger partial charge on any atom is 0.251 e. The zero-order valence-electron chi connectivity index (χ0n) is 18.9. The number of nitrogens with one attached hydrogen (secondary N) is 2. The molecule has 0 bridgehead atoms. The molecule has 3 rings (SSSR count). The largest absolute Gasteiger partial charge is 0.497 e. The first-order chi connectivity index (χ1) is 15.8. The molecule has 0 aliphatic rings. The van der Waals surface area contributed by atoms with E-state index in [0.717, 1.165) is 5.56 Å². The maximum absolute atomic E-state index is 13.4. The van der Waals surface area contributed by atoms with Crippen LogP contribution in [0.1, 0.15) is 41.6 Å². The van der Waals surface area contributed by atoms with Gasteiger partial charge in [-0.1, -0.05) is 17.8 Å². The molecule has 174 valence electrons. The molecule has 0 spiro atoms. The van der Waals surface area contributed by atoms with Gasteiger partial charge in [-0.15, -0.1) is 10.2 Å². The van der Waals surface area contributed by atoms with Crippen LogP contribution in [0, 0.1) is 12.7 Å². The molecular formula is C23H26FN5O3S. The molecule has 2 aromatic carbocycles. The Morgan fingerprint density at radius 1 is 1.18 bits per heavy atom. The first kappa shape index (κ1) is 24.2. The van der Waals surface area contributed by atoms with Gasteiger partial charge in [0.1, 0.15) is 11.6 Å². The monoisotopic (exact) mass is 471 g/mol. The van der Waals surface area contributed by atoms with Crippen molar-refractivity contribution in [2.45, 2.75) is 38.5 Å². The van der Waals surface area contributed by atoms with Crippen molar-refractivity contribution in [1.29, 1.82) is 0 Å². The minimum atomic E-state index is -0.412. The predicted molar refractivity (Wildman–Crippen MR) is 125 cm³/mol. The van der Waals surface area contributed by atoms with E-state index in [2.05, 4.69) is 20.8 Å². The second-order valence-corrected chi connectivity index (χ2v) is 8.25. The first-order valence-electron chi connectivity index (χ1n) is 10.4. The molecule has 0 unspecified atom stereocenters. The van der Waals surface area contributed by atoms with E-state index in [0.29, 0.717) is 34.5 Å². The van der Waals surface area contributed by atoms with Gasteiger partial charge in [0.2, 0.25) is 5.91 Å². The van der Waals surface area contributed by atoms with Crippen LogP contribution in [-0.4, -0.2) is 39.4 Å². The highest BCUT2D eigenvalue weighted by Crippen LogP contribution is 2.22. The molecule has 8 nitrogen and oxygen atoms in total. The molecule has 0 radical (unpaired) electrons. The Balaban J connectivity index is 1.63. The molecule has 10 heteroatoms. The number of carbonyl (C=O) groups is 2. The zero-order valence-corrected chi connectivity index (χ0v) is 19.7. The van der Waals surface area contributed by atoms with Gasteiger partial charge in [-0.25, -0.2) is 4.39 Å². The summed E-state index contributed by atoms with van der Waals surface area (Å²) in [5, 5.41) is 14.6. The van der Waals surface area contributed by atoms with Gasteiger partial charge in [-0.05, 0) is 62.7 Å². The molecule has 1 heterocycles. The van der Waals surface area contributed by atoms with Crippen LogP contribution in [0.3, 0.4) is 0 Å². The Morgan fingerprint density at radius 3 is 2.58 bits per heavy atom. The SMILES string of the molecule is CCn1c(SCC(=O)Nc2cc(F)ccc2C)nnc1[C@H](C)NC(=O)c1ccc(OC)cc1. The number of carbonyl (C=O) groups excluding carboxylic acids is 2. The second-order valence-electron chi connectivity index (χ2n) is 7.30. The summed E-state index contributed by atoms with van der Waals surface area (Å²) >= 11 is 1.22. The minimum Gasteiger partial charge on any atom is -0.497 e. The molecule has 1 atom stereocenters. The topological polar surface area (TPSA) is 98.1 Å². The highest BCUT2D eigenvalue weighted by Gasteiger charge is 2.20. The Hall–Kier alpha value is -3.40. The fourth-order valence-corrected chi connectivity index (χ4v) is 3.97. The van der Waals surface area contributed by atoms with Crippen molar-refractivity contribution in [1.82, 2.24) is 20.1 Å². The maximum atomic E-state index is 13.4. The van der Waals surface area contributed by atoms with Gasteiger partial charge in [-0.3, -0.25) is 9.59 Å². The number of aromatic nitrogens is 3. The van der Waals surface area contributed by atoms with Crippen LogP contribution in [0.4, 0.5) is 10.1 Å². The quantitative estimate of drug-likeness (QED) is 0.458. The van der Waals surface area contributed by atoms with Gasteiger partial charge in [0.15, 0.2) is 11.0 Å². The molecule has 0 aliphatic carbocycles. The van der Waals surface area contributed by atoms with Crippen LogP contribution in [-0.2, 0) is 11.3 Å². The van der Waals surface area contributed by atoms with Gasteiger partial charge >= 0.3 is 0 Å². The van der Waals surface area contributed by atoms with Crippen LogP contribution in [0.5, 0.6) is 5.75 Å². The zero-order chi connectivity index (χ0) is 24.0. The number of amides is 2. The van der Waals surface area contributed by atoms with E-state index in [1.165, 1.54) is 23.9 Å². The number of thioether (sulfide) groups is 1. The number of aryl methyl sites for hydroxylation is 1. The van der Waals surface area contributed by atoms with Crippen LogP contribution >= 0.6 is 11.8 Å². The van der Waals surface area contributed by atoms with E-state index in [1.807, 2.05) is 18.4 Å². The number of anilines is 1. The van der Waals surface area contributed by atoms with Gasteiger partial charge in [0.25, 0.3) is 5.91 Å². The second kappa shape index (κ2) is 11.0. The minimum absolute atomic E-state index is 0.0840. The molecule has 33 heavy (non-hydrogen) atoms. The number of rotatable bonds is 9. The van der Waals surface area contributed by atoms with Gasteiger partial charge in [0, 0.05) is 17.8 Å². The van der Waals surface area contributed by atoms with Gasteiger partial charge in [0.05, 0.1) is 18.9 Å². The average Bonchev–Trinajstić information content (AvgIpc) is 3.23. The lowest BCUT2D eigenvalue weighted by atomic mass is 10.2. The van der Waals surface area contributed by atoms with E-state index < -0.39 is 11.9 Å². The normalized spacial score (nSPS) is 11.7. The summed E-state index contributed by atoms with van der Waals surface area (Å²) in [5.74, 6) is 0.411. The number of nitrogens with zero attached hydrogens (tertiary/aromatic N) is 3. The van der Waals surface area contributed by atoms with E-state index in [4.69, 9.17) is 4.74 Å². The summed E-state index contributed by atoms with van der Waals surface area (Å²) in [7, 11) is 1.57. The molecular weight excluding hydrogens is 445 g/mol. The first-order valence-corrected chi connectivity index (χ1v) is 11.4. The van der Waals surface area contributed by atoms with Gasteiger partial charge in [-0.2, -0.15) is 0 Å². The third-order valence-corrected chi connectivity index (χ3v) is 5.92. The summed E-state index contributed by atoms with van der Waals surface area (Å²) in [4.78, 5) is 24.9. The highest BCUT2D eigenvalue weighted by atomic mass is 32.2. The summed E-state index contributed by atoms with van der Waals surface area (Å²) in [5.41, 5.74) is 1.72. The molecule has 1 aromatic heterocycles. The van der Waals surface area contributed by atoms with Crippen LogP contribution in [0.2, 0.25) is 0 Å². The Bertz CT molecular complexity index is 1130. The van der Waals surface area contributed by atoms with Gasteiger partial charge < -0.3 is 19.9 Å². The third kappa shape index (κ3) is 6.10. The summed E-state index contributed by atoms with van der Waals surface area (Å²) in [6.45, 7) is 6.12. The number of ether oxygens (including phenoxy) is 1. The smallest absolute Gasteiger partial charge is 0.251 e. The van der Waals surface area contributed by atoms with Crippen molar-refractivity contribution >= 4 is 29.3 Å². The molecule has 0 fully saturated rings. The number of halogens is 1. The lowest BCUT2D eigenvalue weighted by molar-refractivity contribution is -0.113. The molecule has 0 saturated heterocycles. The molecule has 2 N–H and O–H groups in total. The number of hydrogen-bond donors (Lipinski definition) is 2. The van der Waals surface area contributed by atoms with E-state index in [9.17, 15) is 14.0 Å². The predicted octanol–water partition coefficient (Wildman–Crippen LogP) is 3.98. The van der Waals surface area contributed by atoms with Crippen molar-refractivity contribution in [3.8, 4) is 5.75 Å². The summed E-state index contributed by atoms with van der Waals surface area (Å²) < 4.78 is 20.4. The van der Waals surface area contributed by atoms with Crippen molar-refractivity contribution < 1.29 is 18.7 Å². The average molecular weight is 472 g/mol. The molecule has 0 aliphatic heterocycles. The highest BCUT2D eigenvalue weighted by molar-refractivity contribution is 7.99. The number of hydrogen-bond acceptors (Lipinski definition) is 6. The van der Waals surface area contributed by atoms with Crippen LogP contribution < -0.4 is 15.4 Å². The van der Waals surface area contributed by atoms with E-state index in [-0.39, 0.29) is 17.6 Å². The number of methoxy groups -OCH3 is 1. The van der Waals surface area contributed by atoms with Crippen molar-refractivity contribution in [3.63, 3.8) is 0 Å². The summed E-state index contributed by atoms with van der Waals surface area (Å²) in [6.07, 6.45) is 0. The van der Waals surface area contributed by atoms with Crippen molar-refractivity contribution in [2.24, 2.45) is 0 Å². The fourth-order valence-electron chi connectivity index (χ4n) is 3.16. The molecule has 0 saturated carbocycles. The lowest BCUT2D eigenvalue weighted by Gasteiger charge is -2.15. The Morgan fingerprint density at radius 2 is 1.91 bits per heavy atom. The fraction of sp³-hybridized carbons (Fsp3) is 0.304.